The van der Waals surface area contributed by atoms with Crippen molar-refractivity contribution in [2.45, 2.75) is 25.4 Å². The lowest BCUT2D eigenvalue weighted by atomic mass is 10.0. The Bertz CT molecular complexity index is 718. The van der Waals surface area contributed by atoms with Crippen molar-refractivity contribution in [1.29, 1.82) is 0 Å². The van der Waals surface area contributed by atoms with Gasteiger partial charge in [0.1, 0.15) is 0 Å². The molecule has 7 nitrogen and oxygen atoms in total. The van der Waals surface area contributed by atoms with Gasteiger partial charge < -0.3 is 9.80 Å². The third-order valence-electron chi connectivity index (χ3n) is 5.30. The summed E-state index contributed by atoms with van der Waals surface area (Å²) in [6, 6.07) is -0.244. The number of amides is 1. The molecule has 0 aliphatic carbocycles. The maximum atomic E-state index is 12.9. The van der Waals surface area contributed by atoms with E-state index in [9.17, 15) is 13.2 Å². The molecule has 2 atom stereocenters. The van der Waals surface area contributed by atoms with E-state index in [0.717, 1.165) is 37.0 Å². The summed E-state index contributed by atoms with van der Waals surface area (Å²) in [5.74, 6) is 0.318. The van der Waals surface area contributed by atoms with Gasteiger partial charge in [0, 0.05) is 31.4 Å². The molecule has 0 saturated carbocycles. The smallest absolute Gasteiger partial charge is 0.228 e. The van der Waals surface area contributed by atoms with Crippen LogP contribution in [-0.4, -0.2) is 90.5 Å². The summed E-state index contributed by atoms with van der Waals surface area (Å²) in [5.41, 5.74) is 0.997. The van der Waals surface area contributed by atoms with E-state index in [-0.39, 0.29) is 29.5 Å². The van der Waals surface area contributed by atoms with Crippen molar-refractivity contribution < 1.29 is 13.2 Å². The fourth-order valence-electron chi connectivity index (χ4n) is 4.10. The molecular weight excluding hydrogens is 348 g/mol. The van der Waals surface area contributed by atoms with Gasteiger partial charge in [-0.15, -0.1) is 0 Å². The molecule has 0 aromatic heterocycles. The second-order valence-corrected chi connectivity index (χ2v) is 9.64. The average molecular weight is 371 g/mol. The number of hydrogen-bond donors (Lipinski definition) is 0. The molecule has 0 spiro atoms. The fraction of sp³-hybridized carbons (Fsp3) is 0.733. The number of carbonyl (C=O) groups excluding carboxylic acids is 1. The Morgan fingerprint density at radius 2 is 2.08 bits per heavy atom. The van der Waals surface area contributed by atoms with Crippen molar-refractivity contribution in [3.05, 3.63) is 11.1 Å². The monoisotopic (exact) mass is 370 g/mol. The van der Waals surface area contributed by atoms with Gasteiger partial charge in [-0.25, -0.2) is 8.42 Å². The number of amidine groups is 1. The van der Waals surface area contributed by atoms with Crippen LogP contribution in [0.2, 0.25) is 0 Å². The zero-order chi connectivity index (χ0) is 16.9. The van der Waals surface area contributed by atoms with E-state index in [4.69, 9.17) is 0 Å². The Hall–Kier alpha value is -1.06. The Morgan fingerprint density at radius 3 is 2.88 bits per heavy atom. The number of fused-ring (bicyclic) bond motifs is 2. The Morgan fingerprint density at radius 1 is 1.29 bits per heavy atom. The molecule has 0 radical (unpaired) electrons. The number of aliphatic imine (C=N–C) groups is 1. The van der Waals surface area contributed by atoms with Crippen LogP contribution in [0.15, 0.2) is 16.1 Å². The van der Waals surface area contributed by atoms with Crippen LogP contribution in [-0.2, 0) is 14.6 Å². The topological polar surface area (TPSA) is 73.3 Å². The third-order valence-corrected chi connectivity index (χ3v) is 7.95. The van der Waals surface area contributed by atoms with Gasteiger partial charge >= 0.3 is 0 Å². The van der Waals surface area contributed by atoms with Gasteiger partial charge in [0.25, 0.3) is 0 Å². The summed E-state index contributed by atoms with van der Waals surface area (Å²) in [6.45, 7) is 5.87. The maximum Gasteiger partial charge on any atom is 0.228 e. The maximum absolute atomic E-state index is 12.9. The van der Waals surface area contributed by atoms with E-state index in [0.29, 0.717) is 13.0 Å². The first kappa shape index (κ1) is 16.4. The third kappa shape index (κ3) is 2.76. The molecule has 24 heavy (non-hydrogen) atoms. The summed E-state index contributed by atoms with van der Waals surface area (Å²) in [6.07, 6.45) is 0.335. The van der Waals surface area contributed by atoms with E-state index in [1.54, 1.807) is 11.8 Å². The van der Waals surface area contributed by atoms with Crippen molar-refractivity contribution >= 4 is 32.7 Å². The zero-order valence-corrected chi connectivity index (χ0v) is 15.4. The van der Waals surface area contributed by atoms with Crippen molar-refractivity contribution in [2.75, 3.05) is 44.2 Å². The number of rotatable bonds is 3. The number of hydrogen-bond acceptors (Lipinski definition) is 7. The van der Waals surface area contributed by atoms with E-state index >= 15 is 0 Å². The lowest BCUT2D eigenvalue weighted by Gasteiger charge is -2.43. The van der Waals surface area contributed by atoms with Gasteiger partial charge in [0.2, 0.25) is 5.91 Å². The minimum atomic E-state index is -3.06. The Balaban J connectivity index is 1.49. The first-order valence-electron chi connectivity index (χ1n) is 8.40. The SMILES string of the molecule is CCN1CCN(C(=O)CC2=CSC3=NCCN23)[C@H]2CS(=O)(=O)C[C@H]21. The van der Waals surface area contributed by atoms with E-state index in [1.807, 2.05) is 17.2 Å². The van der Waals surface area contributed by atoms with E-state index in [2.05, 4.69) is 14.8 Å². The molecule has 0 N–H and O–H groups in total. The number of carbonyl (C=O) groups is 1. The number of nitrogens with zero attached hydrogens (tertiary/aromatic N) is 4. The standard InChI is InChI=1S/C15H22N4O3S2/c1-2-17-5-6-19(13-10-24(21,22)9-12(13)17)14(20)7-11-8-23-15-16-3-4-18(11)15/h8,12-13H,2-7,9-10H2,1H3/t12-,13+/m1/s1. The predicted octanol–water partition coefficient (Wildman–Crippen LogP) is -0.0340. The predicted molar refractivity (Wildman–Crippen MR) is 94.5 cm³/mol. The van der Waals surface area contributed by atoms with Crippen molar-refractivity contribution in [3.8, 4) is 0 Å². The molecule has 0 aromatic rings. The summed E-state index contributed by atoms with van der Waals surface area (Å²) in [4.78, 5) is 23.4. The number of likely N-dealkylation sites (N-methyl/N-ethyl adjacent to an activating group) is 1. The molecule has 2 fully saturated rings. The van der Waals surface area contributed by atoms with Crippen LogP contribution in [0, 0.1) is 0 Å². The Labute approximate surface area is 146 Å². The van der Waals surface area contributed by atoms with Crippen molar-refractivity contribution in [3.63, 3.8) is 0 Å². The second kappa shape index (κ2) is 6.03. The van der Waals surface area contributed by atoms with Crippen LogP contribution in [0.5, 0.6) is 0 Å². The molecular formula is C15H22N4O3S2. The normalized spacial score (nSPS) is 31.7. The van der Waals surface area contributed by atoms with Gasteiger partial charge in [-0.3, -0.25) is 14.7 Å². The number of thioether (sulfide) groups is 1. The molecule has 4 aliphatic heterocycles. The second-order valence-electron chi connectivity index (χ2n) is 6.65. The highest BCUT2D eigenvalue weighted by Crippen LogP contribution is 2.33. The zero-order valence-electron chi connectivity index (χ0n) is 13.7. The summed E-state index contributed by atoms with van der Waals surface area (Å²) in [7, 11) is -3.06. The highest BCUT2D eigenvalue weighted by Gasteiger charge is 2.47. The van der Waals surface area contributed by atoms with Gasteiger partial charge in [0.05, 0.1) is 30.5 Å². The first-order valence-corrected chi connectivity index (χ1v) is 11.1. The summed E-state index contributed by atoms with van der Waals surface area (Å²) < 4.78 is 24.2. The van der Waals surface area contributed by atoms with Gasteiger partial charge in [0.15, 0.2) is 15.0 Å². The van der Waals surface area contributed by atoms with Crippen molar-refractivity contribution in [1.82, 2.24) is 14.7 Å². The molecule has 132 valence electrons. The molecule has 2 saturated heterocycles. The Kier molecular flexibility index (Phi) is 4.12. The molecule has 4 aliphatic rings. The molecule has 4 heterocycles. The quantitative estimate of drug-likeness (QED) is 0.694. The van der Waals surface area contributed by atoms with Crippen molar-refractivity contribution in [2.24, 2.45) is 4.99 Å². The largest absolute Gasteiger partial charge is 0.335 e. The van der Waals surface area contributed by atoms with Crippen LogP contribution < -0.4 is 0 Å². The number of sulfone groups is 1. The molecule has 0 bridgehead atoms. The van der Waals surface area contributed by atoms with Crippen LogP contribution in [0.25, 0.3) is 0 Å². The molecule has 9 heteroatoms. The average Bonchev–Trinajstić information content (AvgIpc) is 3.20. The van der Waals surface area contributed by atoms with Gasteiger partial charge in [-0.05, 0) is 12.0 Å². The van der Waals surface area contributed by atoms with Gasteiger partial charge in [-0.1, -0.05) is 18.7 Å². The fourth-order valence-corrected chi connectivity index (χ4v) is 7.06. The number of piperazine rings is 1. The first-order chi connectivity index (χ1) is 11.5. The lowest BCUT2D eigenvalue weighted by Crippen LogP contribution is -2.60. The van der Waals surface area contributed by atoms with Gasteiger partial charge in [-0.2, -0.15) is 0 Å². The molecule has 4 rings (SSSR count). The van der Waals surface area contributed by atoms with Crippen LogP contribution >= 0.6 is 11.8 Å². The molecule has 0 aromatic carbocycles. The summed E-state index contributed by atoms with van der Waals surface area (Å²) >= 11 is 1.57. The van der Waals surface area contributed by atoms with Crippen LogP contribution in [0.1, 0.15) is 13.3 Å². The minimum Gasteiger partial charge on any atom is -0.335 e. The van der Waals surface area contributed by atoms with E-state index in [1.165, 1.54) is 0 Å². The highest BCUT2D eigenvalue weighted by molar-refractivity contribution is 8.16. The lowest BCUT2D eigenvalue weighted by molar-refractivity contribution is -0.136. The highest BCUT2D eigenvalue weighted by atomic mass is 32.2. The minimum absolute atomic E-state index is 0.0397. The molecule has 1 amide bonds. The summed E-state index contributed by atoms with van der Waals surface area (Å²) in [5, 5.41) is 2.98. The van der Waals surface area contributed by atoms with Crippen LogP contribution in [0.3, 0.4) is 0 Å². The van der Waals surface area contributed by atoms with E-state index < -0.39 is 9.84 Å². The van der Waals surface area contributed by atoms with Crippen LogP contribution in [0.4, 0.5) is 0 Å². The molecule has 0 unspecified atom stereocenters.